The molecular formula is C20H24N2O. The van der Waals surface area contributed by atoms with Gasteiger partial charge in [-0.15, -0.1) is 0 Å². The Morgan fingerprint density at radius 3 is 2.30 bits per heavy atom. The van der Waals surface area contributed by atoms with Crippen molar-refractivity contribution in [3.63, 3.8) is 0 Å². The molecule has 0 unspecified atom stereocenters. The minimum Gasteiger partial charge on any atom is -0.372 e. The molecule has 0 bridgehead atoms. The summed E-state index contributed by atoms with van der Waals surface area (Å²) in [5.41, 5.74) is 5.08. The van der Waals surface area contributed by atoms with Crippen LogP contribution in [-0.2, 0) is 0 Å². The van der Waals surface area contributed by atoms with Crippen LogP contribution in [0.2, 0.25) is 0 Å². The van der Waals surface area contributed by atoms with Gasteiger partial charge in [-0.2, -0.15) is 0 Å². The third-order valence-electron chi connectivity index (χ3n) is 4.48. The average molecular weight is 308 g/mol. The first-order valence-electron chi connectivity index (χ1n) is 8.37. The van der Waals surface area contributed by atoms with Crippen LogP contribution < -0.4 is 10.2 Å². The molecule has 1 N–H and O–H groups in total. The van der Waals surface area contributed by atoms with E-state index in [0.717, 1.165) is 24.3 Å². The van der Waals surface area contributed by atoms with Gasteiger partial charge in [0.1, 0.15) is 0 Å². The number of aryl methyl sites for hydroxylation is 2. The van der Waals surface area contributed by atoms with Crippen LogP contribution >= 0.6 is 0 Å². The molecule has 0 radical (unpaired) electrons. The van der Waals surface area contributed by atoms with Crippen LogP contribution in [0.3, 0.4) is 0 Å². The van der Waals surface area contributed by atoms with Crippen molar-refractivity contribution in [2.75, 3.05) is 23.3 Å². The summed E-state index contributed by atoms with van der Waals surface area (Å²) < 4.78 is 0. The second kappa shape index (κ2) is 6.86. The van der Waals surface area contributed by atoms with Crippen molar-refractivity contribution < 1.29 is 4.79 Å². The summed E-state index contributed by atoms with van der Waals surface area (Å²) in [6, 6.07) is 14.0. The standard InChI is InChI=1S/C20H24N2O/c1-15-6-11-19(16(2)14-15)21-20(23)17-7-9-18(10-8-17)22-12-4-3-5-13-22/h6-11,14H,3-5,12-13H2,1-2H3,(H,21,23). The van der Waals surface area contributed by atoms with Gasteiger partial charge in [0.05, 0.1) is 0 Å². The Kier molecular flexibility index (Phi) is 4.65. The molecule has 1 amide bonds. The molecule has 120 valence electrons. The first-order valence-corrected chi connectivity index (χ1v) is 8.37. The quantitative estimate of drug-likeness (QED) is 0.902. The number of benzene rings is 2. The SMILES string of the molecule is Cc1ccc(NC(=O)c2ccc(N3CCCCC3)cc2)c(C)c1. The summed E-state index contributed by atoms with van der Waals surface area (Å²) in [5.74, 6) is -0.0536. The highest BCUT2D eigenvalue weighted by atomic mass is 16.1. The first kappa shape index (κ1) is 15.6. The van der Waals surface area contributed by atoms with Gasteiger partial charge in [-0.1, -0.05) is 17.7 Å². The van der Waals surface area contributed by atoms with Crippen molar-refractivity contribution in [3.05, 3.63) is 59.2 Å². The Morgan fingerprint density at radius 1 is 0.957 bits per heavy atom. The van der Waals surface area contributed by atoms with E-state index < -0.39 is 0 Å². The van der Waals surface area contributed by atoms with Crippen LogP contribution in [-0.4, -0.2) is 19.0 Å². The number of rotatable bonds is 3. The highest BCUT2D eigenvalue weighted by Crippen LogP contribution is 2.21. The fourth-order valence-electron chi connectivity index (χ4n) is 3.12. The predicted octanol–water partition coefficient (Wildman–Crippen LogP) is 4.55. The van der Waals surface area contributed by atoms with Crippen LogP contribution in [0.4, 0.5) is 11.4 Å². The number of anilines is 2. The molecule has 2 aromatic carbocycles. The highest BCUT2D eigenvalue weighted by molar-refractivity contribution is 6.04. The van der Waals surface area contributed by atoms with Crippen molar-refractivity contribution in [3.8, 4) is 0 Å². The molecule has 0 atom stereocenters. The second-order valence-corrected chi connectivity index (χ2v) is 6.37. The van der Waals surface area contributed by atoms with E-state index in [4.69, 9.17) is 0 Å². The Balaban J connectivity index is 1.69. The third-order valence-corrected chi connectivity index (χ3v) is 4.48. The number of nitrogens with zero attached hydrogens (tertiary/aromatic N) is 1. The summed E-state index contributed by atoms with van der Waals surface area (Å²) >= 11 is 0. The maximum Gasteiger partial charge on any atom is 0.255 e. The van der Waals surface area contributed by atoms with Gasteiger partial charge in [-0.3, -0.25) is 4.79 Å². The van der Waals surface area contributed by atoms with Gasteiger partial charge in [-0.25, -0.2) is 0 Å². The molecule has 3 nitrogen and oxygen atoms in total. The molecular weight excluding hydrogens is 284 g/mol. The number of carbonyl (C=O) groups excluding carboxylic acids is 1. The van der Waals surface area contributed by atoms with Gasteiger partial charge in [0, 0.05) is 30.0 Å². The van der Waals surface area contributed by atoms with Crippen molar-refractivity contribution in [2.24, 2.45) is 0 Å². The number of piperidine rings is 1. The number of carbonyl (C=O) groups is 1. The fraction of sp³-hybridized carbons (Fsp3) is 0.350. The molecule has 0 spiro atoms. The van der Waals surface area contributed by atoms with Gasteiger partial charge in [0.2, 0.25) is 0 Å². The zero-order valence-corrected chi connectivity index (χ0v) is 13.9. The topological polar surface area (TPSA) is 32.3 Å². The largest absolute Gasteiger partial charge is 0.372 e. The molecule has 0 aromatic heterocycles. The van der Waals surface area contributed by atoms with Crippen molar-refractivity contribution in [1.82, 2.24) is 0 Å². The number of hydrogen-bond acceptors (Lipinski definition) is 2. The van der Waals surface area contributed by atoms with E-state index in [0.29, 0.717) is 5.56 Å². The fourth-order valence-corrected chi connectivity index (χ4v) is 3.12. The lowest BCUT2D eigenvalue weighted by atomic mass is 10.1. The van der Waals surface area contributed by atoms with Crippen molar-refractivity contribution >= 4 is 17.3 Å². The van der Waals surface area contributed by atoms with Crippen LogP contribution in [0.15, 0.2) is 42.5 Å². The van der Waals surface area contributed by atoms with Crippen LogP contribution in [0.5, 0.6) is 0 Å². The minimum absolute atomic E-state index is 0.0536. The number of amides is 1. The minimum atomic E-state index is -0.0536. The zero-order valence-electron chi connectivity index (χ0n) is 13.9. The van der Waals surface area contributed by atoms with Crippen molar-refractivity contribution in [1.29, 1.82) is 0 Å². The van der Waals surface area contributed by atoms with Crippen LogP contribution in [0.1, 0.15) is 40.7 Å². The number of nitrogens with one attached hydrogen (secondary N) is 1. The van der Waals surface area contributed by atoms with E-state index in [1.54, 1.807) is 0 Å². The molecule has 1 heterocycles. The highest BCUT2D eigenvalue weighted by Gasteiger charge is 2.12. The maximum atomic E-state index is 12.4. The first-order chi connectivity index (χ1) is 11.1. The van der Waals surface area contributed by atoms with Gasteiger partial charge >= 0.3 is 0 Å². The maximum absolute atomic E-state index is 12.4. The average Bonchev–Trinajstić information content (AvgIpc) is 2.58. The Bertz CT molecular complexity index is 685. The Morgan fingerprint density at radius 2 is 1.65 bits per heavy atom. The lowest BCUT2D eigenvalue weighted by molar-refractivity contribution is 0.102. The Labute approximate surface area is 138 Å². The van der Waals surface area contributed by atoms with E-state index in [-0.39, 0.29) is 5.91 Å². The van der Waals surface area contributed by atoms with Gasteiger partial charge in [0.25, 0.3) is 5.91 Å². The molecule has 0 saturated carbocycles. The van der Waals surface area contributed by atoms with Crippen LogP contribution in [0, 0.1) is 13.8 Å². The van der Waals surface area contributed by atoms with E-state index >= 15 is 0 Å². The van der Waals surface area contributed by atoms with Crippen LogP contribution in [0.25, 0.3) is 0 Å². The molecule has 1 aliphatic heterocycles. The molecule has 3 rings (SSSR count). The van der Waals surface area contributed by atoms with E-state index in [1.165, 1.54) is 30.5 Å². The molecule has 1 aliphatic rings. The smallest absolute Gasteiger partial charge is 0.255 e. The molecule has 23 heavy (non-hydrogen) atoms. The normalized spacial score (nSPS) is 14.6. The lowest BCUT2D eigenvalue weighted by Crippen LogP contribution is -2.29. The lowest BCUT2D eigenvalue weighted by Gasteiger charge is -2.28. The predicted molar refractivity (Wildman–Crippen MR) is 96.4 cm³/mol. The zero-order chi connectivity index (χ0) is 16.2. The summed E-state index contributed by atoms with van der Waals surface area (Å²) in [6.07, 6.45) is 3.84. The third kappa shape index (κ3) is 3.73. The van der Waals surface area contributed by atoms with Gasteiger partial charge < -0.3 is 10.2 Å². The molecule has 1 fully saturated rings. The Hall–Kier alpha value is -2.29. The van der Waals surface area contributed by atoms with E-state index in [2.05, 4.69) is 35.3 Å². The van der Waals surface area contributed by atoms with Gasteiger partial charge in [0.15, 0.2) is 0 Å². The summed E-state index contributed by atoms with van der Waals surface area (Å²) in [7, 11) is 0. The molecule has 0 aliphatic carbocycles. The monoisotopic (exact) mass is 308 g/mol. The summed E-state index contributed by atoms with van der Waals surface area (Å²) in [5, 5.41) is 3.00. The molecule has 1 saturated heterocycles. The molecule has 2 aromatic rings. The van der Waals surface area contributed by atoms with E-state index in [9.17, 15) is 4.79 Å². The molecule has 3 heteroatoms. The van der Waals surface area contributed by atoms with E-state index in [1.807, 2.05) is 31.2 Å². The van der Waals surface area contributed by atoms with Crippen molar-refractivity contribution in [2.45, 2.75) is 33.1 Å². The second-order valence-electron chi connectivity index (χ2n) is 6.37. The van der Waals surface area contributed by atoms with Gasteiger partial charge in [-0.05, 0) is 69.0 Å². The number of hydrogen-bond donors (Lipinski definition) is 1. The summed E-state index contributed by atoms with van der Waals surface area (Å²) in [4.78, 5) is 14.8. The summed E-state index contributed by atoms with van der Waals surface area (Å²) in [6.45, 7) is 6.31.